The molecule has 2 aromatic heterocycles. The van der Waals surface area contributed by atoms with Gasteiger partial charge in [0, 0.05) is 0 Å². The number of ether oxygens (including phenoxy) is 1. The number of esters is 1. The largest absolute Gasteiger partial charge is 0.466 e. The minimum Gasteiger partial charge on any atom is -0.466 e. The van der Waals surface area contributed by atoms with E-state index >= 15 is 0 Å². The van der Waals surface area contributed by atoms with E-state index in [0.29, 0.717) is 17.1 Å². The van der Waals surface area contributed by atoms with Gasteiger partial charge in [-0.05, 0) is 32.0 Å². The minimum absolute atomic E-state index is 0.0317. The lowest BCUT2D eigenvalue weighted by Crippen LogP contribution is -2.08. The van der Waals surface area contributed by atoms with Crippen LogP contribution < -0.4 is 0 Å². The van der Waals surface area contributed by atoms with Gasteiger partial charge in [-0.2, -0.15) is 0 Å². The monoisotopic (exact) mass is 350 g/mol. The summed E-state index contributed by atoms with van der Waals surface area (Å²) in [7, 11) is 0. The molecule has 0 aliphatic carbocycles. The SMILES string of the molecule is Cc1cc(-c2nnc(COC(=O)c3c(F)cccc3Cl)o2)c(C)o1. The lowest BCUT2D eigenvalue weighted by atomic mass is 10.2. The van der Waals surface area contributed by atoms with Gasteiger partial charge in [-0.1, -0.05) is 17.7 Å². The van der Waals surface area contributed by atoms with Crippen LogP contribution in [0.15, 0.2) is 33.1 Å². The standard InChI is InChI=1S/C16H12ClFN2O4/c1-8-6-10(9(2)23-8)15-20-19-13(24-15)7-22-16(21)14-11(17)4-3-5-12(14)18/h3-6H,7H2,1-2H3. The number of carbonyl (C=O) groups is 1. The normalized spacial score (nSPS) is 10.8. The number of furan rings is 1. The Kier molecular flexibility index (Phi) is 4.35. The Balaban J connectivity index is 1.72. The second-order valence-electron chi connectivity index (χ2n) is 5.00. The number of hydrogen-bond acceptors (Lipinski definition) is 6. The van der Waals surface area contributed by atoms with Gasteiger partial charge in [0.05, 0.1) is 10.6 Å². The molecule has 8 heteroatoms. The van der Waals surface area contributed by atoms with Gasteiger partial charge in [-0.3, -0.25) is 0 Å². The fourth-order valence-electron chi connectivity index (χ4n) is 2.16. The third kappa shape index (κ3) is 3.16. The Morgan fingerprint density at radius 2 is 2.08 bits per heavy atom. The van der Waals surface area contributed by atoms with Crippen molar-refractivity contribution in [2.24, 2.45) is 0 Å². The molecule has 0 saturated carbocycles. The zero-order valence-electron chi connectivity index (χ0n) is 12.8. The summed E-state index contributed by atoms with van der Waals surface area (Å²) in [6, 6.07) is 5.68. The van der Waals surface area contributed by atoms with Gasteiger partial charge in [0.2, 0.25) is 0 Å². The third-order valence-corrected chi connectivity index (χ3v) is 3.55. The van der Waals surface area contributed by atoms with Gasteiger partial charge >= 0.3 is 5.97 Å². The van der Waals surface area contributed by atoms with Crippen LogP contribution in [0.4, 0.5) is 4.39 Å². The van der Waals surface area contributed by atoms with Crippen LogP contribution in [0.25, 0.3) is 11.5 Å². The Labute approximate surface area is 141 Å². The molecule has 0 amide bonds. The smallest absolute Gasteiger partial charge is 0.343 e. The van der Waals surface area contributed by atoms with E-state index in [2.05, 4.69) is 10.2 Å². The lowest BCUT2D eigenvalue weighted by Gasteiger charge is -2.04. The summed E-state index contributed by atoms with van der Waals surface area (Å²) in [4.78, 5) is 11.9. The maximum absolute atomic E-state index is 13.7. The van der Waals surface area contributed by atoms with E-state index in [9.17, 15) is 9.18 Å². The molecule has 124 valence electrons. The van der Waals surface area contributed by atoms with E-state index in [0.717, 1.165) is 6.07 Å². The number of halogens is 2. The fraction of sp³-hybridized carbons (Fsp3) is 0.188. The number of aromatic nitrogens is 2. The highest BCUT2D eigenvalue weighted by atomic mass is 35.5. The molecular weight excluding hydrogens is 339 g/mol. The average Bonchev–Trinajstić information content (AvgIpc) is 3.11. The second kappa shape index (κ2) is 6.45. The molecule has 0 radical (unpaired) electrons. The van der Waals surface area contributed by atoms with Crippen LogP contribution >= 0.6 is 11.6 Å². The molecule has 1 aromatic carbocycles. The number of benzene rings is 1. The van der Waals surface area contributed by atoms with Gasteiger partial charge in [-0.15, -0.1) is 10.2 Å². The first-order valence-electron chi connectivity index (χ1n) is 6.96. The summed E-state index contributed by atoms with van der Waals surface area (Å²) in [5.41, 5.74) is 0.329. The van der Waals surface area contributed by atoms with Gasteiger partial charge in [0.25, 0.3) is 11.8 Å². The Morgan fingerprint density at radius 1 is 1.29 bits per heavy atom. The van der Waals surface area contributed by atoms with Gasteiger partial charge in [-0.25, -0.2) is 9.18 Å². The molecule has 0 N–H and O–H groups in total. The number of carbonyl (C=O) groups excluding carboxylic acids is 1. The summed E-state index contributed by atoms with van der Waals surface area (Å²) in [6.45, 7) is 3.27. The fourth-order valence-corrected chi connectivity index (χ4v) is 2.40. The molecule has 24 heavy (non-hydrogen) atoms. The van der Waals surface area contributed by atoms with Crippen LogP contribution in [-0.4, -0.2) is 16.2 Å². The first-order valence-corrected chi connectivity index (χ1v) is 7.34. The molecule has 6 nitrogen and oxygen atoms in total. The van der Waals surface area contributed by atoms with Crippen LogP contribution in [0.3, 0.4) is 0 Å². The number of hydrogen-bond donors (Lipinski definition) is 0. The van der Waals surface area contributed by atoms with Crippen molar-refractivity contribution in [2.45, 2.75) is 20.5 Å². The van der Waals surface area contributed by atoms with Crippen molar-refractivity contribution in [3.8, 4) is 11.5 Å². The number of aryl methyl sites for hydroxylation is 2. The van der Waals surface area contributed by atoms with E-state index in [-0.39, 0.29) is 29.0 Å². The van der Waals surface area contributed by atoms with Gasteiger partial charge in [0.1, 0.15) is 22.9 Å². The molecule has 0 saturated heterocycles. The van der Waals surface area contributed by atoms with Crippen LogP contribution in [-0.2, 0) is 11.3 Å². The molecule has 3 aromatic rings. The van der Waals surface area contributed by atoms with Crippen molar-refractivity contribution in [2.75, 3.05) is 0 Å². The first-order chi connectivity index (χ1) is 11.5. The van der Waals surface area contributed by atoms with Crippen molar-refractivity contribution in [3.63, 3.8) is 0 Å². The van der Waals surface area contributed by atoms with Crippen molar-refractivity contribution >= 4 is 17.6 Å². The number of nitrogens with zero attached hydrogens (tertiary/aromatic N) is 2. The Hall–Kier alpha value is -2.67. The molecular formula is C16H12ClFN2O4. The topological polar surface area (TPSA) is 78.4 Å². The van der Waals surface area contributed by atoms with E-state index in [4.69, 9.17) is 25.2 Å². The minimum atomic E-state index is -0.909. The molecule has 0 aliphatic heterocycles. The molecule has 0 aliphatic rings. The Bertz CT molecular complexity index is 883. The zero-order valence-corrected chi connectivity index (χ0v) is 13.6. The van der Waals surface area contributed by atoms with E-state index in [1.54, 1.807) is 19.9 Å². The maximum Gasteiger partial charge on any atom is 0.343 e. The maximum atomic E-state index is 13.7. The van der Waals surface area contributed by atoms with Crippen LogP contribution in [0, 0.1) is 19.7 Å². The van der Waals surface area contributed by atoms with Crippen molar-refractivity contribution in [1.82, 2.24) is 10.2 Å². The van der Waals surface area contributed by atoms with E-state index in [1.807, 2.05) is 0 Å². The predicted octanol–water partition coefficient (Wildman–Crippen LogP) is 4.10. The second-order valence-corrected chi connectivity index (χ2v) is 5.41. The first kappa shape index (κ1) is 16.2. The quantitative estimate of drug-likeness (QED) is 0.659. The predicted molar refractivity (Wildman–Crippen MR) is 82.0 cm³/mol. The molecule has 0 fully saturated rings. The Morgan fingerprint density at radius 3 is 2.75 bits per heavy atom. The van der Waals surface area contributed by atoms with Crippen molar-refractivity contribution in [3.05, 3.63) is 58.1 Å². The highest BCUT2D eigenvalue weighted by molar-refractivity contribution is 6.33. The summed E-state index contributed by atoms with van der Waals surface area (Å²) >= 11 is 5.81. The molecule has 0 atom stereocenters. The van der Waals surface area contributed by atoms with E-state index < -0.39 is 11.8 Å². The summed E-state index contributed by atoms with van der Waals surface area (Å²) < 4.78 is 29.4. The summed E-state index contributed by atoms with van der Waals surface area (Å²) in [5, 5.41) is 7.64. The molecule has 2 heterocycles. The molecule has 0 bridgehead atoms. The van der Waals surface area contributed by atoms with Crippen LogP contribution in [0.5, 0.6) is 0 Å². The third-order valence-electron chi connectivity index (χ3n) is 3.23. The van der Waals surface area contributed by atoms with Crippen LogP contribution in [0.2, 0.25) is 5.02 Å². The number of rotatable bonds is 4. The molecule has 3 rings (SSSR count). The van der Waals surface area contributed by atoms with Gasteiger partial charge in [0.15, 0.2) is 6.61 Å². The van der Waals surface area contributed by atoms with Crippen molar-refractivity contribution in [1.29, 1.82) is 0 Å². The lowest BCUT2D eigenvalue weighted by molar-refractivity contribution is 0.0433. The van der Waals surface area contributed by atoms with Crippen LogP contribution in [0.1, 0.15) is 27.8 Å². The van der Waals surface area contributed by atoms with E-state index in [1.165, 1.54) is 12.1 Å². The highest BCUT2D eigenvalue weighted by Gasteiger charge is 2.19. The average molecular weight is 351 g/mol. The van der Waals surface area contributed by atoms with Crippen molar-refractivity contribution < 1.29 is 22.8 Å². The molecule has 0 unspecified atom stereocenters. The molecule has 0 spiro atoms. The zero-order chi connectivity index (χ0) is 17.3. The highest BCUT2D eigenvalue weighted by Crippen LogP contribution is 2.26. The van der Waals surface area contributed by atoms with Gasteiger partial charge < -0.3 is 13.6 Å². The summed E-state index contributed by atoms with van der Waals surface area (Å²) in [6.07, 6.45) is 0. The summed E-state index contributed by atoms with van der Waals surface area (Å²) in [5.74, 6) is 0.000458.